The average Bonchev–Trinajstić information content (AvgIpc) is 3.28. The lowest BCUT2D eigenvalue weighted by Gasteiger charge is -2.18. The van der Waals surface area contributed by atoms with Gasteiger partial charge < -0.3 is 19.3 Å². The van der Waals surface area contributed by atoms with E-state index in [1.165, 1.54) is 0 Å². The zero-order chi connectivity index (χ0) is 20.2. The predicted octanol–water partition coefficient (Wildman–Crippen LogP) is 2.98. The van der Waals surface area contributed by atoms with Crippen LogP contribution in [0.4, 0.5) is 0 Å². The Labute approximate surface area is 170 Å². The van der Waals surface area contributed by atoms with E-state index in [2.05, 4.69) is 6.58 Å². The molecular formula is C23H25N3O3. The molecule has 0 bridgehead atoms. The maximum absolute atomic E-state index is 12.3. The number of carbonyl (C=O) groups is 1. The quantitative estimate of drug-likeness (QED) is 0.600. The van der Waals surface area contributed by atoms with Gasteiger partial charge in [-0.3, -0.25) is 4.79 Å². The summed E-state index contributed by atoms with van der Waals surface area (Å²) in [6, 6.07) is 17.3. The van der Waals surface area contributed by atoms with Crippen LogP contribution < -0.4 is 4.74 Å². The van der Waals surface area contributed by atoms with Crippen LogP contribution in [0.5, 0.6) is 5.75 Å². The van der Waals surface area contributed by atoms with Crippen molar-refractivity contribution in [2.75, 3.05) is 19.7 Å². The summed E-state index contributed by atoms with van der Waals surface area (Å²) >= 11 is 0. The van der Waals surface area contributed by atoms with E-state index in [-0.39, 0.29) is 18.4 Å². The zero-order valence-corrected chi connectivity index (χ0v) is 16.3. The lowest BCUT2D eigenvalue weighted by molar-refractivity contribution is -0.127. The van der Waals surface area contributed by atoms with Gasteiger partial charge in [-0.05, 0) is 24.3 Å². The third-order valence-electron chi connectivity index (χ3n) is 5.19. The Bertz CT molecular complexity index is 999. The Morgan fingerprint density at radius 2 is 1.97 bits per heavy atom. The minimum absolute atomic E-state index is 0.00269. The van der Waals surface area contributed by atoms with Crippen LogP contribution in [0.15, 0.2) is 67.3 Å². The summed E-state index contributed by atoms with van der Waals surface area (Å²) in [5, 5.41) is 10.6. The number of fused-ring (bicyclic) bond motifs is 1. The highest BCUT2D eigenvalue weighted by molar-refractivity contribution is 5.81. The highest BCUT2D eigenvalue weighted by Crippen LogP contribution is 2.30. The van der Waals surface area contributed by atoms with E-state index >= 15 is 0 Å². The average molecular weight is 391 g/mol. The number of imidazole rings is 1. The number of aliphatic hydroxyl groups excluding tert-OH is 1. The van der Waals surface area contributed by atoms with Crippen molar-refractivity contribution >= 4 is 16.9 Å². The summed E-state index contributed by atoms with van der Waals surface area (Å²) in [5.74, 6) is 1.67. The molecule has 6 heteroatoms. The highest BCUT2D eigenvalue weighted by atomic mass is 16.5. The second kappa shape index (κ2) is 8.49. The van der Waals surface area contributed by atoms with Crippen molar-refractivity contribution in [2.45, 2.75) is 25.0 Å². The lowest BCUT2D eigenvalue weighted by atomic mass is 10.1. The second-order valence-electron chi connectivity index (χ2n) is 7.34. The molecule has 1 N–H and O–H groups in total. The summed E-state index contributed by atoms with van der Waals surface area (Å²) in [5.41, 5.74) is 1.82. The molecule has 2 heterocycles. The van der Waals surface area contributed by atoms with E-state index in [0.717, 1.165) is 22.6 Å². The first-order valence-corrected chi connectivity index (χ1v) is 9.85. The normalized spacial score (nSPS) is 17.6. The van der Waals surface area contributed by atoms with Crippen LogP contribution in [0.2, 0.25) is 0 Å². The first kappa shape index (κ1) is 19.2. The first-order chi connectivity index (χ1) is 14.2. The van der Waals surface area contributed by atoms with Crippen LogP contribution in [0.3, 0.4) is 0 Å². The maximum Gasteiger partial charge on any atom is 0.223 e. The molecule has 2 atom stereocenters. The molecule has 0 saturated carbocycles. The fraction of sp³-hybridized carbons (Fsp3) is 0.304. The summed E-state index contributed by atoms with van der Waals surface area (Å²) < 4.78 is 7.73. The molecule has 29 heavy (non-hydrogen) atoms. The van der Waals surface area contributed by atoms with E-state index in [0.29, 0.717) is 26.1 Å². The van der Waals surface area contributed by atoms with E-state index in [9.17, 15) is 9.90 Å². The number of nitrogens with zero attached hydrogens (tertiary/aromatic N) is 3. The number of rotatable bonds is 8. The van der Waals surface area contributed by atoms with Gasteiger partial charge in [0, 0.05) is 25.4 Å². The molecule has 0 radical (unpaired) electrons. The Balaban J connectivity index is 1.55. The minimum Gasteiger partial charge on any atom is -0.491 e. The molecule has 0 spiro atoms. The number of para-hydroxylation sites is 3. The van der Waals surface area contributed by atoms with Crippen molar-refractivity contribution in [1.82, 2.24) is 14.5 Å². The van der Waals surface area contributed by atoms with E-state index in [1.54, 1.807) is 11.0 Å². The van der Waals surface area contributed by atoms with Gasteiger partial charge in [0.1, 0.15) is 24.3 Å². The monoisotopic (exact) mass is 391 g/mol. The van der Waals surface area contributed by atoms with E-state index < -0.39 is 6.10 Å². The number of likely N-dealkylation sites (tertiary alicyclic amines) is 1. The molecule has 1 aromatic heterocycles. The lowest BCUT2D eigenvalue weighted by Crippen LogP contribution is -2.26. The van der Waals surface area contributed by atoms with E-state index in [1.807, 2.05) is 59.2 Å². The molecule has 150 valence electrons. The number of hydrogen-bond acceptors (Lipinski definition) is 4. The molecule has 1 amide bonds. The molecule has 1 fully saturated rings. The molecule has 3 aromatic rings. The Hall–Kier alpha value is -3.12. The summed E-state index contributed by atoms with van der Waals surface area (Å²) in [7, 11) is 0. The largest absolute Gasteiger partial charge is 0.491 e. The van der Waals surface area contributed by atoms with Gasteiger partial charge in [0.15, 0.2) is 0 Å². The van der Waals surface area contributed by atoms with Crippen molar-refractivity contribution < 1.29 is 14.6 Å². The van der Waals surface area contributed by atoms with Crippen LogP contribution >= 0.6 is 0 Å². The summed E-state index contributed by atoms with van der Waals surface area (Å²) in [6.07, 6.45) is 1.47. The van der Waals surface area contributed by atoms with Gasteiger partial charge in [0.05, 0.1) is 17.6 Å². The second-order valence-corrected chi connectivity index (χ2v) is 7.34. The Morgan fingerprint density at radius 3 is 2.76 bits per heavy atom. The number of ether oxygens (including phenoxy) is 1. The molecule has 0 aliphatic carbocycles. The molecule has 1 saturated heterocycles. The SMILES string of the molecule is C=CCN1C[C@H](c2nc3ccccc3n2C[C@H](O)COc2ccccc2)CC1=O. The molecule has 1 aliphatic heterocycles. The maximum atomic E-state index is 12.3. The van der Waals surface area contributed by atoms with Crippen molar-refractivity contribution in [3.8, 4) is 5.75 Å². The van der Waals surface area contributed by atoms with Crippen molar-refractivity contribution in [3.63, 3.8) is 0 Å². The first-order valence-electron chi connectivity index (χ1n) is 9.85. The van der Waals surface area contributed by atoms with E-state index in [4.69, 9.17) is 9.72 Å². The van der Waals surface area contributed by atoms with Gasteiger partial charge in [-0.25, -0.2) is 4.98 Å². The molecule has 2 aromatic carbocycles. The fourth-order valence-corrected chi connectivity index (χ4v) is 3.85. The van der Waals surface area contributed by atoms with Crippen LogP contribution in [-0.4, -0.2) is 51.3 Å². The third kappa shape index (κ3) is 4.17. The van der Waals surface area contributed by atoms with Crippen LogP contribution in [0.1, 0.15) is 18.2 Å². The zero-order valence-electron chi connectivity index (χ0n) is 16.3. The topological polar surface area (TPSA) is 67.6 Å². The van der Waals surface area contributed by atoms with Gasteiger partial charge in [0.2, 0.25) is 5.91 Å². The molecule has 0 unspecified atom stereocenters. The van der Waals surface area contributed by atoms with Crippen molar-refractivity contribution in [2.24, 2.45) is 0 Å². The summed E-state index contributed by atoms with van der Waals surface area (Å²) in [4.78, 5) is 18.9. The number of amides is 1. The fourth-order valence-electron chi connectivity index (χ4n) is 3.85. The number of hydrogen-bond donors (Lipinski definition) is 1. The Kier molecular flexibility index (Phi) is 5.62. The van der Waals surface area contributed by atoms with Gasteiger partial charge in [0.25, 0.3) is 0 Å². The van der Waals surface area contributed by atoms with Crippen molar-refractivity contribution in [1.29, 1.82) is 0 Å². The summed E-state index contributed by atoms with van der Waals surface area (Å²) in [6.45, 7) is 5.43. The highest BCUT2D eigenvalue weighted by Gasteiger charge is 2.33. The number of aliphatic hydroxyl groups is 1. The van der Waals surface area contributed by atoms with Gasteiger partial charge in [-0.1, -0.05) is 36.4 Å². The molecular weight excluding hydrogens is 366 g/mol. The van der Waals surface area contributed by atoms with Gasteiger partial charge in [-0.2, -0.15) is 0 Å². The molecule has 4 rings (SSSR count). The number of carbonyl (C=O) groups excluding carboxylic acids is 1. The predicted molar refractivity (Wildman–Crippen MR) is 112 cm³/mol. The molecule has 6 nitrogen and oxygen atoms in total. The van der Waals surface area contributed by atoms with Crippen LogP contribution in [0.25, 0.3) is 11.0 Å². The number of aromatic nitrogens is 2. The van der Waals surface area contributed by atoms with Crippen LogP contribution in [0, 0.1) is 0 Å². The smallest absolute Gasteiger partial charge is 0.223 e. The van der Waals surface area contributed by atoms with Gasteiger partial charge >= 0.3 is 0 Å². The van der Waals surface area contributed by atoms with Crippen LogP contribution in [-0.2, 0) is 11.3 Å². The number of benzene rings is 2. The molecule has 1 aliphatic rings. The Morgan fingerprint density at radius 1 is 1.21 bits per heavy atom. The van der Waals surface area contributed by atoms with Gasteiger partial charge in [-0.15, -0.1) is 6.58 Å². The standard InChI is InChI=1S/C23H25N3O3/c1-2-12-25-14-17(13-22(25)28)23-24-20-10-6-7-11-21(20)26(23)15-18(27)16-29-19-8-4-3-5-9-19/h2-11,17-18,27H,1,12-16H2/t17-,18+/m1/s1. The van der Waals surface area contributed by atoms with Crippen molar-refractivity contribution in [3.05, 3.63) is 73.1 Å². The third-order valence-corrected chi connectivity index (χ3v) is 5.19. The minimum atomic E-state index is -0.701.